The first-order valence-corrected chi connectivity index (χ1v) is 26.9. The van der Waals surface area contributed by atoms with Crippen molar-refractivity contribution in [1.82, 2.24) is 0 Å². The first-order chi connectivity index (χ1) is 39.0. The summed E-state index contributed by atoms with van der Waals surface area (Å²) in [6.07, 6.45) is 0. The molecule has 0 radical (unpaired) electrons. The van der Waals surface area contributed by atoms with E-state index in [-0.39, 0.29) is 6.67 Å². The minimum atomic E-state index is -2.27. The fourth-order valence-electron chi connectivity index (χ4n) is 12.3. The average molecular weight is 1030 g/mol. The van der Waals surface area contributed by atoms with Crippen LogP contribution in [0.5, 0.6) is 23.0 Å². The molecule has 0 atom stereocenters. The molecule has 0 aliphatic carbocycles. The van der Waals surface area contributed by atoms with Crippen LogP contribution >= 0.6 is 0 Å². The molecule has 4 aliphatic heterocycles. The van der Waals surface area contributed by atoms with Crippen molar-refractivity contribution in [3.8, 4) is 23.0 Å². The monoisotopic (exact) mass is 1030 g/mol. The molecular weight excluding hydrogens is 961 g/mol. The molecule has 4 heterocycles. The highest BCUT2D eigenvalue weighted by Gasteiger charge is 2.36. The topological polar surface area (TPSA) is 44.4 Å². The molecule has 9 aromatic carbocycles. The van der Waals surface area contributed by atoms with Crippen molar-refractivity contribution in [2.75, 3.05) is 79.9 Å². The Labute approximate surface area is 463 Å². The lowest BCUT2D eigenvalue weighted by Crippen LogP contribution is -2.25. The lowest BCUT2D eigenvalue weighted by Gasteiger charge is -2.25. The zero-order chi connectivity index (χ0) is 56.2. The summed E-state index contributed by atoms with van der Waals surface area (Å²) >= 11 is 0. The molecule has 0 saturated carbocycles. The highest BCUT2D eigenvalue weighted by molar-refractivity contribution is 5.95. The summed E-state index contributed by atoms with van der Waals surface area (Å²) in [4.78, 5) is 17.9. The molecular formula is C68H66N8O2. The molecule has 0 N–H and O–H groups in total. The minimum Gasteiger partial charge on any atom is -0.457 e. The Balaban J connectivity index is 0.780. The first kappa shape index (κ1) is 45.2. The van der Waals surface area contributed by atoms with Gasteiger partial charge >= 0.3 is 0 Å². The number of hydrogen-bond donors (Lipinski definition) is 0. The molecule has 0 bridgehead atoms. The molecule has 10 heteroatoms. The maximum absolute atomic E-state index is 8.22. The van der Waals surface area contributed by atoms with Crippen LogP contribution in [-0.4, -0.2) is 40.7 Å². The number of ether oxygens (including phenoxy) is 2. The molecule has 4 aliphatic rings. The molecule has 390 valence electrons. The molecule has 0 spiro atoms. The lowest BCUT2D eigenvalue weighted by molar-refractivity contribution is 0.482. The van der Waals surface area contributed by atoms with Crippen LogP contribution in [0.15, 0.2) is 170 Å². The van der Waals surface area contributed by atoms with Crippen molar-refractivity contribution in [2.45, 2.75) is 55.4 Å². The Bertz CT molecular complexity index is 3970. The normalized spacial score (nSPS) is 15.1. The molecule has 0 aromatic heterocycles. The highest BCUT2D eigenvalue weighted by atomic mass is 16.5. The van der Waals surface area contributed by atoms with E-state index in [1.807, 2.05) is 71.6 Å². The Hall–Kier alpha value is -9.02. The zero-order valence-electron chi connectivity index (χ0n) is 48.9. The molecule has 13 rings (SSSR count). The summed E-state index contributed by atoms with van der Waals surface area (Å²) in [5.74, 6) is 2.94. The Morgan fingerprint density at radius 2 is 0.590 bits per heavy atom. The van der Waals surface area contributed by atoms with Gasteiger partial charge in [-0.2, -0.15) is 0 Å². The Morgan fingerprint density at radius 1 is 0.295 bits per heavy atom. The van der Waals surface area contributed by atoms with E-state index in [9.17, 15) is 0 Å². The maximum Gasteiger partial charge on any atom is 0.129 e. The van der Waals surface area contributed by atoms with Crippen LogP contribution in [0.2, 0.25) is 0 Å². The van der Waals surface area contributed by atoms with Crippen molar-refractivity contribution < 1.29 is 13.6 Å². The van der Waals surface area contributed by atoms with Gasteiger partial charge in [-0.3, -0.25) is 0 Å². The number of nitrogens with zero attached hydrogens (tertiary/aromatic N) is 8. The summed E-state index contributed by atoms with van der Waals surface area (Å²) in [5.41, 5.74) is 25.3. The van der Waals surface area contributed by atoms with E-state index in [2.05, 4.69) is 195 Å². The van der Waals surface area contributed by atoms with E-state index in [1.165, 1.54) is 83.5 Å². The number of anilines is 14. The van der Waals surface area contributed by atoms with Gasteiger partial charge in [0, 0.05) is 76.5 Å². The zero-order valence-corrected chi connectivity index (χ0v) is 45.9. The van der Waals surface area contributed by atoms with E-state index in [0.717, 1.165) is 58.0 Å². The quantitative estimate of drug-likeness (QED) is 0.132. The lowest BCUT2D eigenvalue weighted by atomic mass is 9.95. The van der Waals surface area contributed by atoms with E-state index in [0.29, 0.717) is 30.5 Å². The number of rotatable bonds is 10. The van der Waals surface area contributed by atoms with Gasteiger partial charge in [0.2, 0.25) is 0 Å². The van der Waals surface area contributed by atoms with Crippen LogP contribution in [0.4, 0.5) is 79.6 Å². The Kier molecular flexibility index (Phi) is 11.0. The summed E-state index contributed by atoms with van der Waals surface area (Å²) in [5, 5.41) is 0. The molecule has 0 saturated heterocycles. The van der Waals surface area contributed by atoms with Gasteiger partial charge in [0.15, 0.2) is 0 Å². The number of hydrogen-bond acceptors (Lipinski definition) is 10. The smallest absolute Gasteiger partial charge is 0.129 e. The van der Waals surface area contributed by atoms with Crippen LogP contribution < -0.4 is 48.7 Å². The SMILES string of the molecule is [2H]C([2H])([2H])N1CN(c2cccc(Oc3cccc(N4CN(c5ccc(N6CN(c7cccc(Oc8cccc(N9CN(C)c%10ccccc%109)c8)c7)c7c(C)c(C)c(C)c(C)c76)cc5)c5c(C)c(C)c(C)c(C)c54)c3)c2)c2ccccc21. The average Bonchev–Trinajstić information content (AvgIpc) is 3.98. The van der Waals surface area contributed by atoms with Crippen LogP contribution in [-0.2, 0) is 0 Å². The fraction of sp³-hybridized carbons (Fsp3) is 0.206. The van der Waals surface area contributed by atoms with Gasteiger partial charge in [-0.05, 0) is 197 Å². The van der Waals surface area contributed by atoms with Gasteiger partial charge in [0.05, 0.1) is 58.8 Å². The standard InChI is InChI=1S/C68H66N8O2/c1-43-45(3)49(7)67-65(47(43)5)73(41-75(67)55-21-17-25-59(37-55)77-57-23-15-19-53(35-57)71-39-69(9)61-27-11-13-29-63(61)71)51-31-33-52(34-32-51)74-42-76(68-50(8)46(4)44(2)48(6)66(68)74)56-22-18-26-60(38-56)78-58-24-16-20-54(36-58)72-40-70(10)62-28-12-14-30-64(62)72/h11-38H,39-42H2,1-10H3/i9D3. The van der Waals surface area contributed by atoms with E-state index in [4.69, 9.17) is 13.6 Å². The molecule has 78 heavy (non-hydrogen) atoms. The number of fused-ring (bicyclic) bond motifs is 4. The van der Waals surface area contributed by atoms with Gasteiger partial charge in [-0.1, -0.05) is 48.5 Å². The van der Waals surface area contributed by atoms with Crippen molar-refractivity contribution in [1.29, 1.82) is 0 Å². The van der Waals surface area contributed by atoms with Gasteiger partial charge in [0.1, 0.15) is 36.3 Å². The summed E-state index contributed by atoms with van der Waals surface area (Å²) in [7, 11) is 2.13. The number of para-hydroxylation sites is 4. The second-order valence-electron chi connectivity index (χ2n) is 21.3. The van der Waals surface area contributed by atoms with Crippen molar-refractivity contribution >= 4 is 79.6 Å². The largest absolute Gasteiger partial charge is 0.457 e. The minimum absolute atomic E-state index is 0.209. The third kappa shape index (κ3) is 7.99. The third-order valence-corrected chi connectivity index (χ3v) is 17.0. The molecule has 0 unspecified atom stereocenters. The second-order valence-corrected chi connectivity index (χ2v) is 21.3. The van der Waals surface area contributed by atoms with Crippen LogP contribution in [0.1, 0.15) is 48.6 Å². The van der Waals surface area contributed by atoms with E-state index >= 15 is 0 Å². The van der Waals surface area contributed by atoms with Crippen molar-refractivity contribution in [3.63, 3.8) is 0 Å². The first-order valence-electron chi connectivity index (χ1n) is 28.4. The van der Waals surface area contributed by atoms with Crippen LogP contribution in [0.25, 0.3) is 0 Å². The summed E-state index contributed by atoms with van der Waals surface area (Å²) in [6, 6.07) is 58.4. The molecule has 9 aromatic rings. The number of benzene rings is 9. The van der Waals surface area contributed by atoms with Gasteiger partial charge in [-0.25, -0.2) is 0 Å². The Morgan fingerprint density at radius 3 is 0.936 bits per heavy atom. The predicted molar refractivity (Wildman–Crippen MR) is 325 cm³/mol. The summed E-state index contributed by atoms with van der Waals surface area (Å²) < 4.78 is 38.0. The highest BCUT2D eigenvalue weighted by Crippen LogP contribution is 2.54. The van der Waals surface area contributed by atoms with E-state index in [1.54, 1.807) is 0 Å². The summed E-state index contributed by atoms with van der Waals surface area (Å²) in [6.45, 7) is 17.9. The van der Waals surface area contributed by atoms with E-state index < -0.39 is 6.98 Å². The van der Waals surface area contributed by atoms with Gasteiger partial charge in [-0.15, -0.1) is 0 Å². The van der Waals surface area contributed by atoms with Gasteiger partial charge in [0.25, 0.3) is 0 Å². The molecule has 0 fully saturated rings. The third-order valence-electron chi connectivity index (χ3n) is 17.0. The fourth-order valence-corrected chi connectivity index (χ4v) is 12.3. The van der Waals surface area contributed by atoms with Crippen LogP contribution in [0.3, 0.4) is 0 Å². The van der Waals surface area contributed by atoms with Gasteiger partial charge < -0.3 is 48.7 Å². The van der Waals surface area contributed by atoms with Crippen LogP contribution in [0, 0.1) is 55.4 Å². The van der Waals surface area contributed by atoms with Crippen molar-refractivity contribution in [3.05, 3.63) is 214 Å². The van der Waals surface area contributed by atoms with Crippen molar-refractivity contribution in [2.24, 2.45) is 0 Å². The predicted octanol–water partition coefficient (Wildman–Crippen LogP) is 17.3. The molecule has 10 nitrogen and oxygen atoms in total. The maximum atomic E-state index is 8.22. The second kappa shape index (κ2) is 18.9. The molecule has 0 amide bonds.